The summed E-state index contributed by atoms with van der Waals surface area (Å²) >= 11 is 1.42. The van der Waals surface area contributed by atoms with Crippen molar-refractivity contribution in [2.24, 2.45) is 23.7 Å². The zero-order valence-electron chi connectivity index (χ0n) is 29.3. The van der Waals surface area contributed by atoms with E-state index in [1.807, 2.05) is 42.7 Å². The van der Waals surface area contributed by atoms with Crippen molar-refractivity contribution in [3.05, 3.63) is 75.7 Å². The summed E-state index contributed by atoms with van der Waals surface area (Å²) in [4.78, 5) is 50.7. The summed E-state index contributed by atoms with van der Waals surface area (Å²) in [7, 11) is 0. The van der Waals surface area contributed by atoms with Crippen LogP contribution in [0.3, 0.4) is 0 Å². The molecule has 6 rings (SSSR count). The maximum Gasteiger partial charge on any atom is 0.310 e. The Morgan fingerprint density at radius 3 is 2.20 bits per heavy atom. The fraction of sp³-hybridized carbons (Fsp3) is 0.525. The first kappa shape index (κ1) is 35.0. The average molecular weight is 683 g/mol. The third kappa shape index (κ3) is 8.31. The fourth-order valence-corrected chi connectivity index (χ4v) is 8.58. The zero-order chi connectivity index (χ0) is 34.7. The molecule has 2 aliphatic carbocycles. The van der Waals surface area contributed by atoms with Crippen LogP contribution >= 0.6 is 11.3 Å². The number of nitrogens with zero attached hydrogens (tertiary/aromatic N) is 3. The van der Waals surface area contributed by atoms with Crippen LogP contribution in [0.15, 0.2) is 54.9 Å². The summed E-state index contributed by atoms with van der Waals surface area (Å²) in [6, 6.07) is 10.7. The highest BCUT2D eigenvalue weighted by atomic mass is 32.1. The second-order valence-electron chi connectivity index (χ2n) is 15.4. The van der Waals surface area contributed by atoms with Gasteiger partial charge in [-0.25, -0.2) is 9.97 Å². The molecule has 1 saturated carbocycles. The molecule has 49 heavy (non-hydrogen) atoms. The Morgan fingerprint density at radius 1 is 0.939 bits per heavy atom. The van der Waals surface area contributed by atoms with Crippen LogP contribution in [-0.4, -0.2) is 56.9 Å². The average Bonchev–Trinajstić information content (AvgIpc) is 3.60. The van der Waals surface area contributed by atoms with Crippen LogP contribution in [0.1, 0.15) is 105 Å². The zero-order valence-corrected chi connectivity index (χ0v) is 30.1. The molecule has 1 saturated heterocycles. The number of allylic oxidation sites excluding steroid dienone is 2. The molecule has 9 heteroatoms. The number of carbonyl (C=O) groups excluding carboxylic acids is 2. The Balaban J connectivity index is 1.09. The lowest BCUT2D eigenvalue weighted by Crippen LogP contribution is -2.59. The van der Waals surface area contributed by atoms with Crippen molar-refractivity contribution in [2.45, 2.75) is 96.9 Å². The number of aliphatic carboxylic acids is 1. The minimum absolute atomic E-state index is 0.0859. The van der Waals surface area contributed by atoms with Crippen LogP contribution in [0.2, 0.25) is 0 Å². The number of hydrogen-bond acceptors (Lipinski definition) is 6. The molecule has 3 heterocycles. The van der Waals surface area contributed by atoms with E-state index in [1.165, 1.54) is 60.3 Å². The quantitative estimate of drug-likeness (QED) is 0.226. The Kier molecular flexibility index (Phi) is 10.7. The number of carboxylic acid groups (broad SMARTS) is 1. The van der Waals surface area contributed by atoms with Crippen molar-refractivity contribution < 1.29 is 19.5 Å². The number of nitrogens with one attached hydrogen (secondary N) is 1. The van der Waals surface area contributed by atoms with E-state index in [2.05, 4.69) is 39.1 Å². The highest BCUT2D eigenvalue weighted by molar-refractivity contribution is 7.14. The minimum atomic E-state index is -0.910. The lowest BCUT2D eigenvalue weighted by atomic mass is 9.71. The minimum Gasteiger partial charge on any atom is -0.481 e. The molecule has 0 bridgehead atoms. The molecule has 2 N–H and O–H groups in total. The van der Waals surface area contributed by atoms with Gasteiger partial charge in [-0.1, -0.05) is 77.3 Å². The van der Waals surface area contributed by atoms with Gasteiger partial charge in [0.05, 0.1) is 10.8 Å². The summed E-state index contributed by atoms with van der Waals surface area (Å²) in [5.41, 5.74) is 4.12. The van der Waals surface area contributed by atoms with E-state index in [1.54, 1.807) is 6.07 Å². The van der Waals surface area contributed by atoms with Gasteiger partial charge in [0.1, 0.15) is 6.04 Å². The monoisotopic (exact) mass is 682 g/mol. The van der Waals surface area contributed by atoms with Crippen molar-refractivity contribution in [3.63, 3.8) is 0 Å². The molecular weight excluding hydrogens is 633 g/mol. The normalized spacial score (nSPS) is 22.2. The molecule has 0 spiro atoms. The first-order chi connectivity index (χ1) is 23.5. The van der Waals surface area contributed by atoms with E-state index in [9.17, 15) is 19.5 Å². The highest BCUT2D eigenvalue weighted by Gasteiger charge is 2.39. The molecule has 260 valence electrons. The van der Waals surface area contributed by atoms with E-state index in [0.29, 0.717) is 10.7 Å². The predicted octanol–water partition coefficient (Wildman–Crippen LogP) is 7.79. The number of carbonyl (C=O) groups is 3. The largest absolute Gasteiger partial charge is 0.481 e. The van der Waals surface area contributed by atoms with Crippen LogP contribution in [-0.2, 0) is 21.4 Å². The topological polar surface area (TPSA) is 112 Å². The second kappa shape index (κ2) is 15.0. The van der Waals surface area contributed by atoms with E-state index in [4.69, 9.17) is 9.97 Å². The maximum atomic E-state index is 13.5. The van der Waals surface area contributed by atoms with Gasteiger partial charge in [0, 0.05) is 47.9 Å². The molecule has 3 aromatic rings. The second-order valence-corrected chi connectivity index (χ2v) is 16.5. The van der Waals surface area contributed by atoms with Gasteiger partial charge in [0.15, 0.2) is 5.82 Å². The molecule has 1 aromatic carbocycles. The summed E-state index contributed by atoms with van der Waals surface area (Å²) < 4.78 is 0. The molecule has 2 amide bonds. The number of amides is 2. The molecule has 1 unspecified atom stereocenters. The van der Waals surface area contributed by atoms with Crippen molar-refractivity contribution in [1.29, 1.82) is 0 Å². The first-order valence-corrected chi connectivity index (χ1v) is 18.8. The highest BCUT2D eigenvalue weighted by Crippen LogP contribution is 2.41. The summed E-state index contributed by atoms with van der Waals surface area (Å²) in [5, 5.41) is 12.3. The Bertz CT molecular complexity index is 1660. The van der Waals surface area contributed by atoms with E-state index in [-0.39, 0.29) is 36.7 Å². The number of rotatable bonds is 10. The molecule has 1 aliphatic heterocycles. The number of carboxylic acids is 1. The number of thiophene rings is 1. The van der Waals surface area contributed by atoms with Crippen molar-refractivity contribution in [3.8, 4) is 11.4 Å². The SMILES string of the molecule is CCC1CCC(C2CC=C(c3cnc(-c4ccc(C[C@H](NC(=O)c5ccc(C(C)(C)C)s5)C(=O)N5CC(C(=O)O)C5)cc4)nc3)CC2)CC1. The summed E-state index contributed by atoms with van der Waals surface area (Å²) in [6.45, 7) is 8.92. The Labute approximate surface area is 294 Å². The van der Waals surface area contributed by atoms with Crippen molar-refractivity contribution in [1.82, 2.24) is 20.2 Å². The van der Waals surface area contributed by atoms with Crippen LogP contribution < -0.4 is 5.32 Å². The predicted molar refractivity (Wildman–Crippen MR) is 194 cm³/mol. The lowest BCUT2D eigenvalue weighted by Gasteiger charge is -2.38. The van der Waals surface area contributed by atoms with Crippen LogP contribution in [0.25, 0.3) is 17.0 Å². The van der Waals surface area contributed by atoms with Gasteiger partial charge in [-0.05, 0) is 78.5 Å². The smallest absolute Gasteiger partial charge is 0.310 e. The van der Waals surface area contributed by atoms with Gasteiger partial charge in [-0.15, -0.1) is 11.3 Å². The molecule has 8 nitrogen and oxygen atoms in total. The molecular formula is C40H50N4O4S. The van der Waals surface area contributed by atoms with E-state index < -0.39 is 17.9 Å². The van der Waals surface area contributed by atoms with Gasteiger partial charge >= 0.3 is 5.97 Å². The summed E-state index contributed by atoms with van der Waals surface area (Å²) in [6.07, 6.45) is 17.0. The molecule has 3 aliphatic rings. The molecule has 0 radical (unpaired) electrons. The molecule has 2 fully saturated rings. The third-order valence-electron chi connectivity index (χ3n) is 11.0. The van der Waals surface area contributed by atoms with Gasteiger partial charge in [0.2, 0.25) is 5.91 Å². The third-order valence-corrected chi connectivity index (χ3v) is 12.5. The first-order valence-electron chi connectivity index (χ1n) is 18.0. The van der Waals surface area contributed by atoms with Gasteiger partial charge in [0.25, 0.3) is 5.91 Å². The maximum absolute atomic E-state index is 13.5. The van der Waals surface area contributed by atoms with Crippen LogP contribution in [0.4, 0.5) is 0 Å². The summed E-state index contributed by atoms with van der Waals surface area (Å²) in [5.74, 6) is 1.23. The van der Waals surface area contributed by atoms with Gasteiger partial charge < -0.3 is 15.3 Å². The number of hydrogen-bond donors (Lipinski definition) is 2. The van der Waals surface area contributed by atoms with E-state index in [0.717, 1.165) is 52.2 Å². The Hall–Kier alpha value is -3.85. The standard InChI is InChI=1S/C40H50N4O4S/c1-5-25-6-10-27(11-7-25)28-14-16-29(17-15-28)31-21-41-36(42-22-31)30-12-8-26(9-13-30)20-33(38(46)44-23-32(24-44)39(47)48)43-37(45)34-18-19-35(49-34)40(2,3)4/h8-9,12-13,16,18-19,21-22,25,27-28,32-33H,5-7,10-11,14-15,17,20,23-24H2,1-4H3,(H,43,45)(H,47,48)/t25?,27?,28?,33-/m0/s1. The molecule has 2 aromatic heterocycles. The number of likely N-dealkylation sites (tertiary alicyclic amines) is 1. The van der Waals surface area contributed by atoms with Crippen LogP contribution in [0, 0.1) is 23.7 Å². The van der Waals surface area contributed by atoms with Gasteiger partial charge in [-0.2, -0.15) is 0 Å². The lowest BCUT2D eigenvalue weighted by molar-refractivity contribution is -0.153. The molecule has 2 atom stereocenters. The fourth-order valence-electron chi connectivity index (χ4n) is 7.61. The van der Waals surface area contributed by atoms with E-state index >= 15 is 0 Å². The van der Waals surface area contributed by atoms with Crippen molar-refractivity contribution in [2.75, 3.05) is 13.1 Å². The van der Waals surface area contributed by atoms with Crippen molar-refractivity contribution >= 4 is 34.7 Å². The number of aromatic nitrogens is 2. The van der Waals surface area contributed by atoms with Crippen LogP contribution in [0.5, 0.6) is 0 Å². The van der Waals surface area contributed by atoms with Gasteiger partial charge in [-0.3, -0.25) is 14.4 Å². The Morgan fingerprint density at radius 2 is 1.63 bits per heavy atom. The number of benzene rings is 1.